The number of nitrogens with zero attached hydrogens (tertiary/aromatic N) is 1. The molecule has 0 rings (SSSR count). The molecule has 0 spiro atoms. The van der Waals surface area contributed by atoms with Crippen LogP contribution in [0.5, 0.6) is 0 Å². The topological polar surface area (TPSA) is 41.6 Å². The summed E-state index contributed by atoms with van der Waals surface area (Å²) in [5.41, 5.74) is -1.13. The Morgan fingerprint density at radius 1 is 1.26 bits per heavy atom. The van der Waals surface area contributed by atoms with E-state index in [1.165, 1.54) is 12.0 Å². The molecule has 0 saturated carbocycles. The van der Waals surface area contributed by atoms with Crippen LogP contribution in [0.3, 0.4) is 0 Å². The number of hydrogen-bond acceptors (Lipinski definition) is 4. The fourth-order valence-electron chi connectivity index (χ4n) is 1.80. The van der Waals surface area contributed by atoms with Crippen molar-refractivity contribution in [3.05, 3.63) is 0 Å². The predicted octanol–water partition coefficient (Wildman–Crippen LogP) is 1.80. The van der Waals surface area contributed by atoms with Gasteiger partial charge in [-0.3, -0.25) is 9.69 Å². The standard InChI is InChI=1S/C12H23F3N2O2/c1-5-7-16-11(3,10(18)19-4)8-17(6-2)9-12(13,14)15/h16H,5-9H2,1-4H3. The lowest BCUT2D eigenvalue weighted by molar-refractivity contribution is -0.157. The zero-order valence-corrected chi connectivity index (χ0v) is 11.9. The number of likely N-dealkylation sites (N-methyl/N-ethyl adjacent to an activating group) is 1. The first-order valence-electron chi connectivity index (χ1n) is 6.31. The van der Waals surface area contributed by atoms with Crippen LogP contribution in [-0.2, 0) is 9.53 Å². The second-order valence-corrected chi connectivity index (χ2v) is 4.67. The molecule has 0 amide bonds. The minimum absolute atomic E-state index is 0.0459. The van der Waals surface area contributed by atoms with Crippen molar-refractivity contribution < 1.29 is 22.7 Å². The number of halogens is 3. The van der Waals surface area contributed by atoms with E-state index in [-0.39, 0.29) is 13.1 Å². The van der Waals surface area contributed by atoms with Gasteiger partial charge in [-0.05, 0) is 26.4 Å². The van der Waals surface area contributed by atoms with Gasteiger partial charge in [-0.25, -0.2) is 0 Å². The molecule has 0 aromatic heterocycles. The summed E-state index contributed by atoms with van der Waals surface area (Å²) in [6.45, 7) is 4.77. The molecule has 0 radical (unpaired) electrons. The molecule has 0 aliphatic heterocycles. The zero-order chi connectivity index (χ0) is 15.1. The molecule has 0 saturated heterocycles. The summed E-state index contributed by atoms with van der Waals surface area (Å²) in [6, 6.07) is 0. The number of nitrogens with one attached hydrogen (secondary N) is 1. The number of hydrogen-bond donors (Lipinski definition) is 1. The molecule has 7 heteroatoms. The summed E-state index contributed by atoms with van der Waals surface area (Å²) in [4.78, 5) is 12.9. The van der Waals surface area contributed by atoms with Crippen molar-refractivity contribution in [2.24, 2.45) is 0 Å². The van der Waals surface area contributed by atoms with Gasteiger partial charge in [-0.15, -0.1) is 0 Å². The Morgan fingerprint density at radius 3 is 2.21 bits per heavy atom. The van der Waals surface area contributed by atoms with Crippen LogP contribution in [0.4, 0.5) is 13.2 Å². The van der Waals surface area contributed by atoms with Gasteiger partial charge in [-0.1, -0.05) is 13.8 Å². The molecular formula is C12H23F3N2O2. The highest BCUT2D eigenvalue weighted by atomic mass is 19.4. The highest BCUT2D eigenvalue weighted by molar-refractivity contribution is 5.80. The summed E-state index contributed by atoms with van der Waals surface area (Å²) in [5.74, 6) is -0.554. The molecule has 0 aromatic rings. The molecule has 19 heavy (non-hydrogen) atoms. The van der Waals surface area contributed by atoms with Gasteiger partial charge in [0.2, 0.25) is 0 Å². The Balaban J connectivity index is 4.81. The van der Waals surface area contributed by atoms with Gasteiger partial charge < -0.3 is 10.1 Å². The number of methoxy groups -OCH3 is 1. The molecule has 0 aliphatic rings. The largest absolute Gasteiger partial charge is 0.468 e. The lowest BCUT2D eigenvalue weighted by Gasteiger charge is -2.34. The zero-order valence-electron chi connectivity index (χ0n) is 11.9. The summed E-state index contributed by atoms with van der Waals surface area (Å²) in [6.07, 6.45) is -3.50. The summed E-state index contributed by atoms with van der Waals surface area (Å²) >= 11 is 0. The van der Waals surface area contributed by atoms with Gasteiger partial charge in [-0.2, -0.15) is 13.2 Å². The van der Waals surface area contributed by atoms with Crippen molar-refractivity contribution in [2.75, 3.05) is 33.3 Å². The van der Waals surface area contributed by atoms with E-state index in [1.807, 2.05) is 6.92 Å². The van der Waals surface area contributed by atoms with Gasteiger partial charge in [0, 0.05) is 6.54 Å². The van der Waals surface area contributed by atoms with Crippen LogP contribution in [0.25, 0.3) is 0 Å². The molecule has 1 N–H and O–H groups in total. The maximum Gasteiger partial charge on any atom is 0.401 e. The number of ether oxygens (including phenoxy) is 1. The van der Waals surface area contributed by atoms with Crippen LogP contribution in [0, 0.1) is 0 Å². The SMILES string of the molecule is CCCNC(C)(CN(CC)CC(F)(F)F)C(=O)OC. The van der Waals surface area contributed by atoms with E-state index in [0.29, 0.717) is 6.54 Å². The van der Waals surface area contributed by atoms with Gasteiger partial charge in [0.25, 0.3) is 0 Å². The van der Waals surface area contributed by atoms with Crippen LogP contribution in [0.1, 0.15) is 27.2 Å². The fraction of sp³-hybridized carbons (Fsp3) is 0.917. The van der Waals surface area contributed by atoms with E-state index in [0.717, 1.165) is 6.42 Å². The molecule has 0 heterocycles. The van der Waals surface area contributed by atoms with Crippen LogP contribution in [0.15, 0.2) is 0 Å². The summed E-state index contributed by atoms with van der Waals surface area (Å²) in [7, 11) is 1.23. The average molecular weight is 284 g/mol. The maximum absolute atomic E-state index is 12.4. The monoisotopic (exact) mass is 284 g/mol. The first kappa shape index (κ1) is 18.2. The lowest BCUT2D eigenvalue weighted by atomic mass is 10.0. The Morgan fingerprint density at radius 2 is 1.84 bits per heavy atom. The molecule has 4 nitrogen and oxygen atoms in total. The van der Waals surface area contributed by atoms with Crippen molar-refractivity contribution in [1.82, 2.24) is 10.2 Å². The Hall–Kier alpha value is -0.820. The van der Waals surface area contributed by atoms with Gasteiger partial charge in [0.1, 0.15) is 5.54 Å². The highest BCUT2D eigenvalue weighted by Gasteiger charge is 2.38. The quantitative estimate of drug-likeness (QED) is 0.690. The lowest BCUT2D eigenvalue weighted by Crippen LogP contribution is -2.58. The third-order valence-electron chi connectivity index (χ3n) is 2.79. The second kappa shape index (κ2) is 7.69. The summed E-state index contributed by atoms with van der Waals surface area (Å²) < 4.78 is 42.0. The molecule has 1 unspecified atom stereocenters. The van der Waals surface area contributed by atoms with E-state index in [9.17, 15) is 18.0 Å². The van der Waals surface area contributed by atoms with Crippen molar-refractivity contribution in [3.63, 3.8) is 0 Å². The number of carbonyl (C=O) groups is 1. The van der Waals surface area contributed by atoms with E-state index >= 15 is 0 Å². The van der Waals surface area contributed by atoms with Gasteiger partial charge >= 0.3 is 12.1 Å². The average Bonchev–Trinajstić information content (AvgIpc) is 2.32. The van der Waals surface area contributed by atoms with Crippen molar-refractivity contribution >= 4 is 5.97 Å². The van der Waals surface area contributed by atoms with Crippen molar-refractivity contribution in [2.45, 2.75) is 38.9 Å². The minimum atomic E-state index is -4.28. The van der Waals surface area contributed by atoms with E-state index < -0.39 is 24.2 Å². The Labute approximate surface area is 112 Å². The van der Waals surface area contributed by atoms with Crippen molar-refractivity contribution in [1.29, 1.82) is 0 Å². The Bertz CT molecular complexity index is 285. The minimum Gasteiger partial charge on any atom is -0.468 e. The molecular weight excluding hydrogens is 261 g/mol. The van der Waals surface area contributed by atoms with Crippen LogP contribution in [-0.4, -0.2) is 55.9 Å². The number of alkyl halides is 3. The molecule has 0 aliphatic carbocycles. The highest BCUT2D eigenvalue weighted by Crippen LogP contribution is 2.18. The Kier molecular flexibility index (Phi) is 7.36. The van der Waals surface area contributed by atoms with Crippen LogP contribution < -0.4 is 5.32 Å². The smallest absolute Gasteiger partial charge is 0.401 e. The number of rotatable bonds is 8. The van der Waals surface area contributed by atoms with Crippen LogP contribution in [0.2, 0.25) is 0 Å². The predicted molar refractivity (Wildman–Crippen MR) is 66.9 cm³/mol. The van der Waals surface area contributed by atoms with Crippen molar-refractivity contribution in [3.8, 4) is 0 Å². The normalized spacial score (nSPS) is 15.4. The van der Waals surface area contributed by atoms with E-state index in [1.54, 1.807) is 13.8 Å². The summed E-state index contributed by atoms with van der Waals surface area (Å²) in [5, 5.41) is 2.96. The molecule has 0 fully saturated rings. The van der Waals surface area contributed by atoms with E-state index in [4.69, 9.17) is 0 Å². The third-order valence-corrected chi connectivity index (χ3v) is 2.79. The first-order chi connectivity index (χ1) is 8.68. The third kappa shape index (κ3) is 6.77. The molecule has 1 atom stereocenters. The van der Waals surface area contributed by atoms with Gasteiger partial charge in [0.15, 0.2) is 0 Å². The molecule has 0 bridgehead atoms. The molecule has 0 aromatic carbocycles. The fourth-order valence-corrected chi connectivity index (χ4v) is 1.80. The van der Waals surface area contributed by atoms with Crippen LogP contribution >= 0.6 is 0 Å². The maximum atomic E-state index is 12.4. The van der Waals surface area contributed by atoms with Gasteiger partial charge in [0.05, 0.1) is 13.7 Å². The molecule has 114 valence electrons. The number of esters is 1. The second-order valence-electron chi connectivity index (χ2n) is 4.67. The first-order valence-corrected chi connectivity index (χ1v) is 6.31. The van der Waals surface area contributed by atoms with E-state index in [2.05, 4.69) is 10.1 Å². The number of carbonyl (C=O) groups excluding carboxylic acids is 1.